The molecule has 1 amide bonds. The molecule has 3 aromatic carbocycles. The fourth-order valence-electron chi connectivity index (χ4n) is 4.68. The van der Waals surface area contributed by atoms with Crippen molar-refractivity contribution >= 4 is 40.7 Å². The van der Waals surface area contributed by atoms with E-state index >= 15 is 0 Å². The van der Waals surface area contributed by atoms with Crippen molar-refractivity contribution in [3.8, 4) is 0 Å². The highest BCUT2D eigenvalue weighted by atomic mass is 35.5. The maximum atomic E-state index is 13.4. The third-order valence-corrected chi connectivity index (χ3v) is 7.08. The normalized spacial score (nSPS) is 18.1. The van der Waals surface area contributed by atoms with Crippen LogP contribution in [-0.2, 0) is 12.8 Å². The molecule has 0 aromatic heterocycles. The number of piperidine rings is 1. The molecule has 1 saturated heterocycles. The van der Waals surface area contributed by atoms with Gasteiger partial charge < -0.3 is 10.2 Å². The van der Waals surface area contributed by atoms with Crippen LogP contribution in [0.15, 0.2) is 72.8 Å². The lowest BCUT2D eigenvalue weighted by Gasteiger charge is -2.40. The summed E-state index contributed by atoms with van der Waals surface area (Å²) in [6, 6.07) is 24.0. The number of aryl methyl sites for hydroxylation is 1. The number of benzene rings is 3. The Morgan fingerprint density at radius 3 is 2.29 bits per heavy atom. The zero-order valence-corrected chi connectivity index (χ0v) is 21.3. The van der Waals surface area contributed by atoms with E-state index < -0.39 is 0 Å². The van der Waals surface area contributed by atoms with Gasteiger partial charge in [-0.05, 0) is 80.1 Å². The second-order valence-corrected chi connectivity index (χ2v) is 10.2. The Bertz CT molecular complexity index is 1070. The van der Waals surface area contributed by atoms with Crippen LogP contribution < -0.4 is 5.32 Å². The molecule has 3 nitrogen and oxygen atoms in total. The summed E-state index contributed by atoms with van der Waals surface area (Å²) in [5, 5.41) is 5.46. The minimum atomic E-state index is -0.00785. The van der Waals surface area contributed by atoms with Crippen LogP contribution in [0.25, 0.3) is 0 Å². The highest BCUT2D eigenvalue weighted by Gasteiger charge is 2.32. The van der Waals surface area contributed by atoms with E-state index in [1.165, 1.54) is 11.1 Å². The Hall–Kier alpha value is -2.04. The summed E-state index contributed by atoms with van der Waals surface area (Å²) in [7, 11) is 0. The first-order valence-corrected chi connectivity index (χ1v) is 12.9. The predicted octanol–water partition coefficient (Wildman–Crippen LogP) is 7.09. The minimum Gasteiger partial charge on any atom is -0.335 e. The Kier molecular flexibility index (Phi) is 8.91. The average molecular weight is 516 g/mol. The van der Waals surface area contributed by atoms with Crippen molar-refractivity contribution in [2.75, 3.05) is 13.1 Å². The number of carbonyl (C=O) groups excluding carboxylic acids is 1. The minimum absolute atomic E-state index is 0.00785. The molecule has 2 atom stereocenters. The molecule has 0 aliphatic carbocycles. The van der Waals surface area contributed by atoms with Crippen molar-refractivity contribution in [2.24, 2.45) is 0 Å². The summed E-state index contributed by atoms with van der Waals surface area (Å²) in [4.78, 5) is 15.4. The molecule has 178 valence electrons. The number of nitrogens with zero attached hydrogens (tertiary/aromatic N) is 1. The molecule has 1 aliphatic rings. The zero-order chi connectivity index (χ0) is 23.9. The summed E-state index contributed by atoms with van der Waals surface area (Å²) >= 11 is 18.3. The number of halogens is 3. The lowest BCUT2D eigenvalue weighted by molar-refractivity contribution is 0.0577. The SMILES string of the molecule is O=C(c1cc(Cl)cc(Cl)c1)N1CC[C@H](NCCCc2ccc(Cl)cc2)C[C@@H]1Cc1ccccc1. The molecule has 0 unspecified atom stereocenters. The first kappa shape index (κ1) is 25.1. The molecule has 1 heterocycles. The molecule has 0 spiro atoms. The van der Waals surface area contributed by atoms with Crippen molar-refractivity contribution in [3.05, 3.63) is 105 Å². The third-order valence-electron chi connectivity index (χ3n) is 6.39. The van der Waals surface area contributed by atoms with Crippen molar-refractivity contribution < 1.29 is 4.79 Å². The van der Waals surface area contributed by atoms with Gasteiger partial charge in [0.15, 0.2) is 0 Å². The van der Waals surface area contributed by atoms with Gasteiger partial charge in [-0.2, -0.15) is 0 Å². The number of carbonyl (C=O) groups is 1. The predicted molar refractivity (Wildman–Crippen MR) is 142 cm³/mol. The van der Waals surface area contributed by atoms with Gasteiger partial charge in [0.25, 0.3) is 5.91 Å². The van der Waals surface area contributed by atoms with Crippen LogP contribution in [0.5, 0.6) is 0 Å². The fourth-order valence-corrected chi connectivity index (χ4v) is 5.33. The fraction of sp³-hybridized carbons (Fsp3) is 0.321. The maximum Gasteiger partial charge on any atom is 0.254 e. The summed E-state index contributed by atoms with van der Waals surface area (Å²) in [5.74, 6) is -0.00785. The van der Waals surface area contributed by atoms with Gasteiger partial charge in [-0.3, -0.25) is 4.79 Å². The molecular formula is C28H29Cl3N2O. The number of likely N-dealkylation sites (tertiary alicyclic amines) is 1. The zero-order valence-electron chi connectivity index (χ0n) is 19.0. The van der Waals surface area contributed by atoms with Crippen LogP contribution in [0.3, 0.4) is 0 Å². The highest BCUT2D eigenvalue weighted by molar-refractivity contribution is 6.35. The van der Waals surface area contributed by atoms with Crippen LogP contribution in [0.2, 0.25) is 15.1 Å². The molecule has 1 N–H and O–H groups in total. The third kappa shape index (κ3) is 6.99. The Balaban J connectivity index is 1.39. The number of nitrogens with one attached hydrogen (secondary N) is 1. The van der Waals surface area contributed by atoms with Crippen molar-refractivity contribution in [1.82, 2.24) is 10.2 Å². The lowest BCUT2D eigenvalue weighted by Crippen LogP contribution is -2.52. The van der Waals surface area contributed by atoms with E-state index in [4.69, 9.17) is 34.8 Å². The average Bonchev–Trinajstić information content (AvgIpc) is 2.83. The van der Waals surface area contributed by atoms with Gasteiger partial charge in [0, 0.05) is 39.3 Å². The van der Waals surface area contributed by atoms with Crippen LogP contribution in [0.4, 0.5) is 0 Å². The van der Waals surface area contributed by atoms with Gasteiger partial charge in [0.2, 0.25) is 0 Å². The van der Waals surface area contributed by atoms with Gasteiger partial charge >= 0.3 is 0 Å². The van der Waals surface area contributed by atoms with Crippen molar-refractivity contribution in [1.29, 1.82) is 0 Å². The molecule has 34 heavy (non-hydrogen) atoms. The Morgan fingerprint density at radius 2 is 1.59 bits per heavy atom. The lowest BCUT2D eigenvalue weighted by atomic mass is 9.91. The Labute approximate surface area is 217 Å². The van der Waals surface area contributed by atoms with Crippen LogP contribution in [-0.4, -0.2) is 36.0 Å². The van der Waals surface area contributed by atoms with Gasteiger partial charge in [-0.1, -0.05) is 77.3 Å². The van der Waals surface area contributed by atoms with E-state index in [1.54, 1.807) is 18.2 Å². The first-order chi connectivity index (χ1) is 16.5. The maximum absolute atomic E-state index is 13.4. The highest BCUT2D eigenvalue weighted by Crippen LogP contribution is 2.26. The van der Waals surface area contributed by atoms with Crippen molar-refractivity contribution in [3.63, 3.8) is 0 Å². The summed E-state index contributed by atoms with van der Waals surface area (Å²) in [6.45, 7) is 1.65. The molecule has 6 heteroatoms. The van der Waals surface area contributed by atoms with E-state index in [0.29, 0.717) is 28.2 Å². The van der Waals surface area contributed by atoms with Crippen LogP contribution >= 0.6 is 34.8 Å². The summed E-state index contributed by atoms with van der Waals surface area (Å²) in [5.41, 5.74) is 3.08. The van der Waals surface area contributed by atoms with Gasteiger partial charge in [0.05, 0.1) is 0 Å². The molecule has 0 radical (unpaired) electrons. The van der Waals surface area contributed by atoms with Gasteiger partial charge in [0.1, 0.15) is 0 Å². The van der Waals surface area contributed by atoms with Crippen molar-refractivity contribution in [2.45, 2.75) is 44.2 Å². The summed E-state index contributed by atoms with van der Waals surface area (Å²) < 4.78 is 0. The smallest absolute Gasteiger partial charge is 0.254 e. The quantitative estimate of drug-likeness (QED) is 0.325. The van der Waals surface area contributed by atoms with E-state index in [1.807, 2.05) is 35.2 Å². The first-order valence-electron chi connectivity index (χ1n) is 11.8. The van der Waals surface area contributed by atoms with Gasteiger partial charge in [-0.15, -0.1) is 0 Å². The van der Waals surface area contributed by atoms with Crippen LogP contribution in [0, 0.1) is 0 Å². The summed E-state index contributed by atoms with van der Waals surface area (Å²) in [6.07, 6.45) is 4.74. The second-order valence-electron chi connectivity index (χ2n) is 8.91. The molecule has 1 fully saturated rings. The largest absolute Gasteiger partial charge is 0.335 e. The number of hydrogen-bond acceptors (Lipinski definition) is 2. The molecule has 1 aliphatic heterocycles. The van der Waals surface area contributed by atoms with Gasteiger partial charge in [-0.25, -0.2) is 0 Å². The molecule has 0 bridgehead atoms. The van der Waals surface area contributed by atoms with E-state index in [-0.39, 0.29) is 11.9 Å². The number of rotatable bonds is 8. The molecule has 0 saturated carbocycles. The van der Waals surface area contributed by atoms with E-state index in [2.05, 4.69) is 29.6 Å². The monoisotopic (exact) mass is 514 g/mol. The molecular weight excluding hydrogens is 487 g/mol. The molecule has 4 rings (SSSR count). The van der Waals surface area contributed by atoms with E-state index in [0.717, 1.165) is 43.7 Å². The van der Waals surface area contributed by atoms with E-state index in [9.17, 15) is 4.79 Å². The topological polar surface area (TPSA) is 32.3 Å². The second kappa shape index (κ2) is 12.1. The molecule has 3 aromatic rings. The standard InChI is InChI=1S/C28H29Cl3N2O/c29-23-10-8-20(9-11-23)7-4-13-32-26-12-14-33(27(19-26)15-21-5-2-1-3-6-21)28(34)22-16-24(30)18-25(31)17-22/h1-3,5-6,8-11,16-18,26-27,32H,4,7,12-15,19H2/t26-,27-/m0/s1. The number of hydrogen-bond donors (Lipinski definition) is 1. The Morgan fingerprint density at radius 1 is 0.882 bits per heavy atom. The van der Waals surface area contributed by atoms with Crippen LogP contribution in [0.1, 0.15) is 40.7 Å². The number of amides is 1.